The van der Waals surface area contributed by atoms with Crippen LogP contribution in [0.3, 0.4) is 0 Å². The van der Waals surface area contributed by atoms with Crippen LogP contribution < -0.4 is 5.43 Å². The molecule has 2 heterocycles. The molecular formula is C8H15N3O. The Morgan fingerprint density at radius 1 is 1.50 bits per heavy atom. The Kier molecular flexibility index (Phi) is 2.28. The number of hydrazine groups is 1. The molecule has 1 atom stereocenters. The number of nitrogens with zero attached hydrogens (tertiary/aromatic N) is 2. The van der Waals surface area contributed by atoms with Gasteiger partial charge in [-0.1, -0.05) is 0 Å². The van der Waals surface area contributed by atoms with Crippen LogP contribution in [0.2, 0.25) is 0 Å². The Hall–Kier alpha value is -0.610. The van der Waals surface area contributed by atoms with Crippen LogP contribution in [0, 0.1) is 0 Å². The summed E-state index contributed by atoms with van der Waals surface area (Å²) in [5.41, 5.74) is 3.16. The standard InChI is InChI=1S/C8H15N3O/c1-7-9-6-10-11(7)8-2-4-12-5-3-8/h6-8H,2-5H2,1H3,(H,9,10). The zero-order valence-electron chi connectivity index (χ0n) is 7.36. The summed E-state index contributed by atoms with van der Waals surface area (Å²) < 4.78 is 5.30. The Labute approximate surface area is 72.6 Å². The van der Waals surface area contributed by atoms with Gasteiger partial charge in [-0.2, -0.15) is 5.01 Å². The third kappa shape index (κ3) is 1.44. The quantitative estimate of drug-likeness (QED) is 0.615. The smallest absolute Gasteiger partial charge is 0.118 e. The lowest BCUT2D eigenvalue weighted by atomic mass is 10.1. The van der Waals surface area contributed by atoms with Gasteiger partial charge in [0.15, 0.2) is 0 Å². The average molecular weight is 169 g/mol. The lowest BCUT2D eigenvalue weighted by Gasteiger charge is -2.32. The second kappa shape index (κ2) is 3.41. The van der Waals surface area contributed by atoms with Gasteiger partial charge in [-0.05, 0) is 19.8 Å². The summed E-state index contributed by atoms with van der Waals surface area (Å²) in [4.78, 5) is 4.24. The topological polar surface area (TPSA) is 36.9 Å². The molecule has 0 aliphatic carbocycles. The highest BCUT2D eigenvalue weighted by Gasteiger charge is 2.26. The van der Waals surface area contributed by atoms with Crippen LogP contribution in [0.15, 0.2) is 4.99 Å². The third-order valence-corrected chi connectivity index (χ3v) is 2.48. The van der Waals surface area contributed by atoms with E-state index in [-0.39, 0.29) is 6.17 Å². The highest BCUT2D eigenvalue weighted by Crippen LogP contribution is 2.16. The van der Waals surface area contributed by atoms with Crippen molar-refractivity contribution >= 4 is 6.34 Å². The molecule has 0 aromatic carbocycles. The first-order valence-electron chi connectivity index (χ1n) is 4.52. The molecule has 0 amide bonds. The van der Waals surface area contributed by atoms with Crippen LogP contribution in [0.4, 0.5) is 0 Å². The molecule has 0 aromatic heterocycles. The van der Waals surface area contributed by atoms with E-state index >= 15 is 0 Å². The van der Waals surface area contributed by atoms with E-state index in [4.69, 9.17) is 4.74 Å². The van der Waals surface area contributed by atoms with Crippen molar-refractivity contribution in [2.75, 3.05) is 13.2 Å². The molecule has 1 saturated heterocycles. The Morgan fingerprint density at radius 2 is 2.25 bits per heavy atom. The van der Waals surface area contributed by atoms with Crippen molar-refractivity contribution in [3.05, 3.63) is 0 Å². The fourth-order valence-electron chi connectivity index (χ4n) is 1.76. The van der Waals surface area contributed by atoms with Gasteiger partial charge >= 0.3 is 0 Å². The monoisotopic (exact) mass is 169 g/mol. The SMILES string of the molecule is CC1N=CNN1C1CCOCC1. The molecule has 2 aliphatic heterocycles. The summed E-state index contributed by atoms with van der Waals surface area (Å²) in [7, 11) is 0. The van der Waals surface area contributed by atoms with Gasteiger partial charge < -0.3 is 10.2 Å². The summed E-state index contributed by atoms with van der Waals surface area (Å²) in [6, 6.07) is 0.594. The molecule has 2 aliphatic rings. The molecular weight excluding hydrogens is 154 g/mol. The van der Waals surface area contributed by atoms with Crippen molar-refractivity contribution in [1.82, 2.24) is 10.4 Å². The predicted molar refractivity (Wildman–Crippen MR) is 46.8 cm³/mol. The predicted octanol–water partition coefficient (Wildman–Crippen LogP) is 0.360. The maximum Gasteiger partial charge on any atom is 0.118 e. The molecule has 1 fully saturated rings. The van der Waals surface area contributed by atoms with Crippen molar-refractivity contribution in [3.63, 3.8) is 0 Å². The van der Waals surface area contributed by atoms with E-state index in [1.165, 1.54) is 0 Å². The third-order valence-electron chi connectivity index (χ3n) is 2.48. The second-order valence-electron chi connectivity index (χ2n) is 3.29. The number of hydrogen-bond donors (Lipinski definition) is 1. The first kappa shape index (κ1) is 8.01. The number of nitrogens with one attached hydrogen (secondary N) is 1. The molecule has 0 radical (unpaired) electrons. The maximum absolute atomic E-state index is 5.30. The minimum atomic E-state index is 0.285. The highest BCUT2D eigenvalue weighted by atomic mass is 16.5. The van der Waals surface area contributed by atoms with Crippen LogP contribution in [0.1, 0.15) is 19.8 Å². The molecule has 0 bridgehead atoms. The zero-order valence-corrected chi connectivity index (χ0v) is 7.36. The first-order chi connectivity index (χ1) is 5.88. The Balaban J connectivity index is 1.90. The van der Waals surface area contributed by atoms with E-state index in [1.54, 1.807) is 6.34 Å². The Morgan fingerprint density at radius 3 is 2.83 bits per heavy atom. The molecule has 1 N–H and O–H groups in total. The van der Waals surface area contributed by atoms with Crippen molar-refractivity contribution in [1.29, 1.82) is 0 Å². The van der Waals surface area contributed by atoms with E-state index in [2.05, 4.69) is 22.4 Å². The molecule has 4 heteroatoms. The van der Waals surface area contributed by atoms with Crippen molar-refractivity contribution in [2.45, 2.75) is 32.0 Å². The fourth-order valence-corrected chi connectivity index (χ4v) is 1.76. The lowest BCUT2D eigenvalue weighted by Crippen LogP contribution is -2.47. The van der Waals surface area contributed by atoms with Gasteiger partial charge in [-0.15, -0.1) is 0 Å². The summed E-state index contributed by atoms with van der Waals surface area (Å²) in [6.45, 7) is 3.87. The summed E-state index contributed by atoms with van der Waals surface area (Å²) in [5.74, 6) is 0. The van der Waals surface area contributed by atoms with E-state index in [1.807, 2.05) is 0 Å². The van der Waals surface area contributed by atoms with Crippen LogP contribution in [-0.4, -0.2) is 36.8 Å². The van der Waals surface area contributed by atoms with Crippen LogP contribution in [0.25, 0.3) is 0 Å². The van der Waals surface area contributed by atoms with E-state index in [0.717, 1.165) is 26.1 Å². The molecule has 0 aromatic rings. The maximum atomic E-state index is 5.30. The van der Waals surface area contributed by atoms with Crippen molar-refractivity contribution in [2.24, 2.45) is 4.99 Å². The van der Waals surface area contributed by atoms with Crippen LogP contribution in [0.5, 0.6) is 0 Å². The summed E-state index contributed by atoms with van der Waals surface area (Å²) in [6.07, 6.45) is 4.29. The minimum absolute atomic E-state index is 0.285. The van der Waals surface area contributed by atoms with Gasteiger partial charge in [-0.3, -0.25) is 4.99 Å². The number of hydrogen-bond acceptors (Lipinski definition) is 4. The van der Waals surface area contributed by atoms with Gasteiger partial charge in [-0.25, -0.2) is 0 Å². The van der Waals surface area contributed by atoms with Gasteiger partial charge in [0, 0.05) is 19.3 Å². The van der Waals surface area contributed by atoms with E-state index < -0.39 is 0 Å². The molecule has 0 saturated carbocycles. The molecule has 68 valence electrons. The molecule has 12 heavy (non-hydrogen) atoms. The summed E-state index contributed by atoms with van der Waals surface area (Å²) >= 11 is 0. The van der Waals surface area contributed by atoms with Crippen molar-refractivity contribution in [3.8, 4) is 0 Å². The van der Waals surface area contributed by atoms with Crippen LogP contribution >= 0.6 is 0 Å². The fraction of sp³-hybridized carbons (Fsp3) is 0.875. The Bertz CT molecular complexity index is 177. The van der Waals surface area contributed by atoms with E-state index in [9.17, 15) is 0 Å². The van der Waals surface area contributed by atoms with Crippen molar-refractivity contribution < 1.29 is 4.74 Å². The lowest BCUT2D eigenvalue weighted by molar-refractivity contribution is 0.0148. The van der Waals surface area contributed by atoms with Gasteiger partial charge in [0.25, 0.3) is 0 Å². The minimum Gasteiger partial charge on any atom is -0.381 e. The number of aliphatic imine (C=N–C) groups is 1. The number of ether oxygens (including phenoxy) is 1. The molecule has 4 nitrogen and oxygen atoms in total. The normalized spacial score (nSPS) is 32.2. The molecule has 1 unspecified atom stereocenters. The van der Waals surface area contributed by atoms with Gasteiger partial charge in [0.1, 0.15) is 6.17 Å². The molecule has 0 spiro atoms. The first-order valence-corrected chi connectivity index (χ1v) is 4.52. The second-order valence-corrected chi connectivity index (χ2v) is 3.29. The molecule has 2 rings (SSSR count). The van der Waals surface area contributed by atoms with E-state index in [0.29, 0.717) is 6.04 Å². The van der Waals surface area contributed by atoms with Gasteiger partial charge in [0.05, 0.1) is 6.34 Å². The van der Waals surface area contributed by atoms with Gasteiger partial charge in [0.2, 0.25) is 0 Å². The average Bonchev–Trinajstić information content (AvgIpc) is 2.53. The largest absolute Gasteiger partial charge is 0.381 e. The van der Waals surface area contributed by atoms with Crippen LogP contribution in [-0.2, 0) is 4.74 Å². The summed E-state index contributed by atoms with van der Waals surface area (Å²) in [5, 5.41) is 2.21. The highest BCUT2D eigenvalue weighted by molar-refractivity contribution is 5.55. The number of rotatable bonds is 1. The zero-order chi connectivity index (χ0) is 8.39.